The zero-order valence-corrected chi connectivity index (χ0v) is 15.8. The lowest BCUT2D eigenvalue weighted by Gasteiger charge is -2.26. The van der Waals surface area contributed by atoms with Gasteiger partial charge in [-0.25, -0.2) is 0 Å². The van der Waals surface area contributed by atoms with Crippen LogP contribution in [0.3, 0.4) is 0 Å². The molecule has 0 saturated carbocycles. The summed E-state index contributed by atoms with van der Waals surface area (Å²) in [6, 6.07) is 6.50. The molecule has 2 aromatic carbocycles. The summed E-state index contributed by atoms with van der Waals surface area (Å²) in [5.41, 5.74) is 9.62. The zero-order valence-electron chi connectivity index (χ0n) is 15.8. The van der Waals surface area contributed by atoms with Crippen molar-refractivity contribution in [3.63, 3.8) is 0 Å². The van der Waals surface area contributed by atoms with Crippen LogP contribution in [0.5, 0.6) is 5.75 Å². The predicted molar refractivity (Wildman–Crippen MR) is 101 cm³/mol. The molecule has 0 spiro atoms. The van der Waals surface area contributed by atoms with E-state index in [1.54, 1.807) is 0 Å². The first kappa shape index (κ1) is 17.6. The number of phenols is 1. The Morgan fingerprint density at radius 2 is 1.30 bits per heavy atom. The van der Waals surface area contributed by atoms with Gasteiger partial charge in [0.2, 0.25) is 0 Å². The van der Waals surface area contributed by atoms with Crippen LogP contribution in [0.1, 0.15) is 72.9 Å². The molecule has 0 fully saturated rings. The molecule has 0 heterocycles. The zero-order chi connectivity index (χ0) is 17.5. The minimum Gasteiger partial charge on any atom is -0.507 e. The molecule has 2 aromatic rings. The van der Waals surface area contributed by atoms with Crippen molar-refractivity contribution in [3.8, 4) is 16.9 Å². The van der Waals surface area contributed by atoms with Crippen LogP contribution in [0.4, 0.5) is 0 Å². The van der Waals surface area contributed by atoms with Crippen LogP contribution in [0.15, 0.2) is 18.2 Å². The summed E-state index contributed by atoms with van der Waals surface area (Å²) in [4.78, 5) is 0. The van der Waals surface area contributed by atoms with Crippen molar-refractivity contribution in [2.24, 2.45) is 0 Å². The van der Waals surface area contributed by atoms with Gasteiger partial charge in [0, 0.05) is 5.56 Å². The van der Waals surface area contributed by atoms with Crippen LogP contribution < -0.4 is 0 Å². The van der Waals surface area contributed by atoms with Crippen molar-refractivity contribution < 1.29 is 5.11 Å². The van der Waals surface area contributed by atoms with Gasteiger partial charge in [0.1, 0.15) is 5.75 Å². The fourth-order valence-electron chi connectivity index (χ4n) is 3.56. The van der Waals surface area contributed by atoms with Crippen molar-refractivity contribution in [3.05, 3.63) is 51.6 Å². The summed E-state index contributed by atoms with van der Waals surface area (Å²) < 4.78 is 0. The van der Waals surface area contributed by atoms with Crippen molar-refractivity contribution in [1.82, 2.24) is 0 Å². The molecule has 1 nitrogen and oxygen atoms in total. The van der Waals surface area contributed by atoms with Gasteiger partial charge in [0.25, 0.3) is 0 Å². The molecule has 0 aliphatic heterocycles. The quantitative estimate of drug-likeness (QED) is 0.682. The second-order valence-corrected chi connectivity index (χ2v) is 7.41. The van der Waals surface area contributed by atoms with Gasteiger partial charge < -0.3 is 5.11 Å². The predicted octanol–water partition coefficient (Wildman–Crippen LogP) is 6.54. The summed E-state index contributed by atoms with van der Waals surface area (Å²) in [6.07, 6.45) is 0. The Morgan fingerprint density at radius 1 is 0.739 bits per heavy atom. The third-order valence-corrected chi connectivity index (χ3v) is 5.07. The molecule has 0 bridgehead atoms. The van der Waals surface area contributed by atoms with E-state index in [1.807, 2.05) is 6.92 Å². The number of hydrogen-bond acceptors (Lipinski definition) is 1. The summed E-state index contributed by atoms with van der Waals surface area (Å²) in [5, 5.41) is 10.9. The van der Waals surface area contributed by atoms with E-state index in [4.69, 9.17) is 0 Å². The first-order valence-electron chi connectivity index (χ1n) is 8.60. The molecule has 23 heavy (non-hydrogen) atoms. The number of hydrogen-bond donors (Lipinski definition) is 1. The Morgan fingerprint density at radius 3 is 1.78 bits per heavy atom. The van der Waals surface area contributed by atoms with Crippen molar-refractivity contribution in [2.45, 2.75) is 67.2 Å². The standard InChI is InChI=1S/C22H30O/c1-12(2)19-16(7)17(8)22(23)21(20(19)13(3)4)18-10-9-14(5)15(6)11-18/h9-13,23H,1-8H3. The summed E-state index contributed by atoms with van der Waals surface area (Å²) in [6.45, 7) is 17.4. The molecule has 2 rings (SSSR count). The van der Waals surface area contributed by atoms with Crippen molar-refractivity contribution in [2.75, 3.05) is 0 Å². The van der Waals surface area contributed by atoms with Gasteiger partial charge in [-0.2, -0.15) is 0 Å². The van der Waals surface area contributed by atoms with Crippen molar-refractivity contribution in [1.29, 1.82) is 0 Å². The second kappa shape index (κ2) is 6.39. The second-order valence-electron chi connectivity index (χ2n) is 7.41. The van der Waals surface area contributed by atoms with Gasteiger partial charge in [-0.15, -0.1) is 0 Å². The largest absolute Gasteiger partial charge is 0.507 e. The summed E-state index contributed by atoms with van der Waals surface area (Å²) in [7, 11) is 0. The van der Waals surface area contributed by atoms with E-state index in [1.165, 1.54) is 27.8 Å². The molecular formula is C22H30O. The maximum atomic E-state index is 10.9. The van der Waals surface area contributed by atoms with Gasteiger partial charge in [-0.05, 0) is 78.5 Å². The van der Waals surface area contributed by atoms with Crippen LogP contribution in [0, 0.1) is 27.7 Å². The molecule has 0 saturated heterocycles. The Kier molecular flexibility index (Phi) is 4.89. The summed E-state index contributed by atoms with van der Waals surface area (Å²) >= 11 is 0. The molecule has 0 atom stereocenters. The molecule has 0 aliphatic rings. The maximum Gasteiger partial charge on any atom is 0.126 e. The third kappa shape index (κ3) is 3.02. The van der Waals surface area contributed by atoms with Crippen LogP contribution in [0.2, 0.25) is 0 Å². The number of benzene rings is 2. The summed E-state index contributed by atoms with van der Waals surface area (Å²) in [5.74, 6) is 1.25. The highest BCUT2D eigenvalue weighted by Gasteiger charge is 2.24. The fraction of sp³-hybridized carbons (Fsp3) is 0.455. The van der Waals surface area contributed by atoms with Gasteiger partial charge in [-0.3, -0.25) is 0 Å². The highest BCUT2D eigenvalue weighted by Crippen LogP contribution is 2.45. The molecule has 1 N–H and O–H groups in total. The fourth-order valence-corrected chi connectivity index (χ4v) is 3.56. The average molecular weight is 310 g/mol. The van der Waals surface area contributed by atoms with E-state index in [-0.39, 0.29) is 0 Å². The Hall–Kier alpha value is -1.76. The number of aromatic hydroxyl groups is 1. The molecule has 0 unspecified atom stereocenters. The van der Waals surface area contributed by atoms with Gasteiger partial charge in [0.15, 0.2) is 0 Å². The minimum absolute atomic E-state index is 0.370. The van der Waals surface area contributed by atoms with E-state index in [0.717, 1.165) is 16.7 Å². The van der Waals surface area contributed by atoms with E-state index in [9.17, 15) is 5.11 Å². The van der Waals surface area contributed by atoms with E-state index < -0.39 is 0 Å². The lowest BCUT2D eigenvalue weighted by Crippen LogP contribution is -2.07. The first-order valence-corrected chi connectivity index (χ1v) is 8.60. The molecule has 0 amide bonds. The van der Waals surface area contributed by atoms with Crippen LogP contribution in [-0.4, -0.2) is 5.11 Å². The minimum atomic E-state index is 0.370. The lowest BCUT2D eigenvalue weighted by molar-refractivity contribution is 0.470. The molecule has 124 valence electrons. The van der Waals surface area contributed by atoms with E-state index in [2.05, 4.69) is 66.7 Å². The highest BCUT2D eigenvalue weighted by atomic mass is 16.3. The van der Waals surface area contributed by atoms with E-state index in [0.29, 0.717) is 17.6 Å². The van der Waals surface area contributed by atoms with Gasteiger partial charge >= 0.3 is 0 Å². The van der Waals surface area contributed by atoms with Crippen LogP contribution in [0.25, 0.3) is 11.1 Å². The Bertz CT molecular complexity index is 736. The Balaban J connectivity index is 2.93. The number of aryl methyl sites for hydroxylation is 2. The molecular weight excluding hydrogens is 280 g/mol. The normalized spacial score (nSPS) is 11.6. The van der Waals surface area contributed by atoms with Crippen LogP contribution >= 0.6 is 0 Å². The molecule has 1 heteroatoms. The number of phenolic OH excluding ortho intramolecular Hbond substituents is 1. The average Bonchev–Trinajstić information content (AvgIpc) is 2.47. The van der Waals surface area contributed by atoms with Crippen molar-refractivity contribution >= 4 is 0 Å². The van der Waals surface area contributed by atoms with Gasteiger partial charge in [0.05, 0.1) is 0 Å². The molecule has 0 radical (unpaired) electrons. The first-order chi connectivity index (χ1) is 10.7. The molecule has 0 aliphatic carbocycles. The van der Waals surface area contributed by atoms with Gasteiger partial charge in [-0.1, -0.05) is 45.9 Å². The number of rotatable bonds is 3. The Labute approximate surface area is 141 Å². The topological polar surface area (TPSA) is 20.2 Å². The third-order valence-electron chi connectivity index (χ3n) is 5.07. The van der Waals surface area contributed by atoms with E-state index >= 15 is 0 Å². The SMILES string of the molecule is Cc1ccc(-c2c(O)c(C)c(C)c(C(C)C)c2C(C)C)cc1C. The monoisotopic (exact) mass is 310 g/mol. The van der Waals surface area contributed by atoms with Crippen LogP contribution in [-0.2, 0) is 0 Å². The lowest BCUT2D eigenvalue weighted by atomic mass is 9.79. The highest BCUT2D eigenvalue weighted by molar-refractivity contribution is 5.79. The molecule has 0 aromatic heterocycles. The smallest absolute Gasteiger partial charge is 0.126 e. The maximum absolute atomic E-state index is 10.9.